The van der Waals surface area contributed by atoms with Crippen LogP contribution in [-0.2, 0) is 4.79 Å². The molecule has 5 nitrogen and oxygen atoms in total. The van der Waals surface area contributed by atoms with E-state index in [1.807, 2.05) is 78.9 Å². The molecule has 0 aliphatic rings. The summed E-state index contributed by atoms with van der Waals surface area (Å²) in [5.74, 6) is 0.865. The number of carbonyl (C=O) groups excluding carboxylic acids is 1. The van der Waals surface area contributed by atoms with Gasteiger partial charge in [-0.1, -0.05) is 48.5 Å². The second kappa shape index (κ2) is 8.14. The lowest BCUT2D eigenvalue weighted by Gasteiger charge is -2.09. The Morgan fingerprint density at radius 1 is 0.857 bits per heavy atom. The molecule has 28 heavy (non-hydrogen) atoms. The second-order valence-electron chi connectivity index (χ2n) is 6.02. The van der Waals surface area contributed by atoms with E-state index >= 15 is 0 Å². The van der Waals surface area contributed by atoms with Gasteiger partial charge < -0.3 is 10.1 Å². The van der Waals surface area contributed by atoms with Gasteiger partial charge in [-0.15, -0.1) is 0 Å². The zero-order chi connectivity index (χ0) is 19.2. The Morgan fingerprint density at radius 2 is 1.61 bits per heavy atom. The molecule has 0 aliphatic heterocycles. The van der Waals surface area contributed by atoms with Crippen LogP contribution in [0, 0.1) is 0 Å². The van der Waals surface area contributed by atoms with Crippen molar-refractivity contribution in [3.8, 4) is 11.6 Å². The van der Waals surface area contributed by atoms with Crippen molar-refractivity contribution in [3.05, 3.63) is 96.8 Å². The Kier molecular flexibility index (Phi) is 5.06. The van der Waals surface area contributed by atoms with Crippen LogP contribution in [0.2, 0.25) is 0 Å². The van der Waals surface area contributed by atoms with Crippen LogP contribution in [0.5, 0.6) is 11.6 Å². The lowest BCUT2D eigenvalue weighted by Crippen LogP contribution is -2.07. The maximum atomic E-state index is 12.2. The minimum Gasteiger partial charge on any atom is -0.438 e. The van der Waals surface area contributed by atoms with Crippen molar-refractivity contribution in [2.75, 3.05) is 5.32 Å². The summed E-state index contributed by atoms with van der Waals surface area (Å²) in [6.07, 6.45) is 4.67. The molecule has 0 radical (unpaired) electrons. The Morgan fingerprint density at radius 3 is 2.50 bits per heavy atom. The molecule has 4 rings (SSSR count). The van der Waals surface area contributed by atoms with Crippen LogP contribution in [0.15, 0.2) is 91.3 Å². The highest BCUT2D eigenvalue weighted by Gasteiger charge is 2.08. The van der Waals surface area contributed by atoms with Crippen LogP contribution in [0.3, 0.4) is 0 Å². The first-order chi connectivity index (χ1) is 13.8. The van der Waals surface area contributed by atoms with Crippen molar-refractivity contribution in [2.24, 2.45) is 0 Å². The Hall–Kier alpha value is -3.99. The van der Waals surface area contributed by atoms with E-state index in [1.54, 1.807) is 6.08 Å². The van der Waals surface area contributed by atoms with Gasteiger partial charge in [0.15, 0.2) is 0 Å². The number of para-hydroxylation sites is 3. The minimum atomic E-state index is -0.214. The number of aromatic nitrogens is 2. The number of benzene rings is 3. The molecule has 1 N–H and O–H groups in total. The monoisotopic (exact) mass is 367 g/mol. The lowest BCUT2D eigenvalue weighted by molar-refractivity contribution is -0.111. The zero-order valence-electron chi connectivity index (χ0n) is 14.9. The fourth-order valence-electron chi connectivity index (χ4n) is 2.75. The highest BCUT2D eigenvalue weighted by molar-refractivity contribution is 6.02. The largest absolute Gasteiger partial charge is 0.438 e. The van der Waals surface area contributed by atoms with E-state index in [2.05, 4.69) is 15.3 Å². The van der Waals surface area contributed by atoms with Crippen LogP contribution in [0.1, 0.15) is 5.56 Å². The quantitative estimate of drug-likeness (QED) is 0.500. The number of carbonyl (C=O) groups is 1. The van der Waals surface area contributed by atoms with Crippen molar-refractivity contribution in [2.45, 2.75) is 0 Å². The van der Waals surface area contributed by atoms with Gasteiger partial charge in [0, 0.05) is 17.3 Å². The van der Waals surface area contributed by atoms with E-state index in [0.717, 1.165) is 22.2 Å². The van der Waals surface area contributed by atoms with Crippen molar-refractivity contribution in [1.82, 2.24) is 9.97 Å². The van der Waals surface area contributed by atoms with Crippen LogP contribution < -0.4 is 10.1 Å². The number of rotatable bonds is 5. The number of nitrogens with zero attached hydrogens (tertiary/aromatic N) is 2. The Bertz CT molecular complexity index is 1140. The summed E-state index contributed by atoms with van der Waals surface area (Å²) in [7, 11) is 0. The van der Waals surface area contributed by atoms with Gasteiger partial charge >= 0.3 is 0 Å². The highest BCUT2D eigenvalue weighted by Crippen LogP contribution is 2.29. The number of ether oxygens (including phenoxy) is 1. The van der Waals surface area contributed by atoms with Crippen molar-refractivity contribution < 1.29 is 9.53 Å². The summed E-state index contributed by atoms with van der Waals surface area (Å²) < 4.78 is 6.04. The predicted molar refractivity (Wildman–Crippen MR) is 110 cm³/mol. The zero-order valence-corrected chi connectivity index (χ0v) is 14.9. The number of nitrogens with one attached hydrogen (secondary N) is 1. The second-order valence-corrected chi connectivity index (χ2v) is 6.02. The Labute approximate surface area is 162 Å². The van der Waals surface area contributed by atoms with Crippen LogP contribution in [0.4, 0.5) is 5.69 Å². The van der Waals surface area contributed by atoms with Gasteiger partial charge in [-0.2, -0.15) is 0 Å². The topological polar surface area (TPSA) is 64.1 Å². The molecule has 3 aromatic carbocycles. The van der Waals surface area contributed by atoms with Gasteiger partial charge in [0.25, 0.3) is 0 Å². The van der Waals surface area contributed by atoms with Crippen LogP contribution in [0.25, 0.3) is 17.0 Å². The minimum absolute atomic E-state index is 0.214. The molecule has 1 heterocycles. The third-order valence-corrected chi connectivity index (χ3v) is 4.09. The summed E-state index contributed by atoms with van der Waals surface area (Å²) in [4.78, 5) is 20.7. The first-order valence-corrected chi connectivity index (χ1v) is 8.80. The van der Waals surface area contributed by atoms with E-state index in [1.165, 1.54) is 12.4 Å². The smallest absolute Gasteiger partial charge is 0.248 e. The van der Waals surface area contributed by atoms with Crippen LogP contribution >= 0.6 is 0 Å². The summed E-state index contributed by atoms with van der Waals surface area (Å²) in [6, 6.07) is 24.4. The maximum Gasteiger partial charge on any atom is 0.248 e. The fourth-order valence-corrected chi connectivity index (χ4v) is 2.75. The molecule has 0 atom stereocenters. The van der Waals surface area contributed by atoms with Crippen molar-refractivity contribution in [3.63, 3.8) is 0 Å². The number of hydrogen-bond acceptors (Lipinski definition) is 4. The lowest BCUT2D eigenvalue weighted by atomic mass is 10.2. The molecular weight excluding hydrogens is 350 g/mol. The predicted octanol–water partition coefficient (Wildman–Crippen LogP) is 5.07. The molecule has 0 saturated carbocycles. The molecule has 1 aromatic heterocycles. The molecule has 0 saturated heterocycles. The van der Waals surface area contributed by atoms with Gasteiger partial charge in [0.2, 0.25) is 11.8 Å². The normalized spacial score (nSPS) is 10.9. The molecule has 0 bridgehead atoms. The molecule has 0 unspecified atom stereocenters. The molecule has 1 amide bonds. The van der Waals surface area contributed by atoms with Gasteiger partial charge in [-0.25, -0.2) is 9.97 Å². The average molecular weight is 367 g/mol. The van der Waals surface area contributed by atoms with E-state index in [4.69, 9.17) is 4.74 Å². The molecule has 0 aliphatic carbocycles. The van der Waals surface area contributed by atoms with Gasteiger partial charge in [0.05, 0.1) is 10.9 Å². The van der Waals surface area contributed by atoms with E-state index in [-0.39, 0.29) is 5.91 Å². The summed E-state index contributed by atoms with van der Waals surface area (Å²) in [5.41, 5.74) is 2.32. The van der Waals surface area contributed by atoms with Gasteiger partial charge in [-0.05, 0) is 36.4 Å². The van der Waals surface area contributed by atoms with Crippen molar-refractivity contribution in [1.29, 1.82) is 0 Å². The number of amides is 1. The summed E-state index contributed by atoms with van der Waals surface area (Å²) in [5, 5.41) is 3.64. The van der Waals surface area contributed by atoms with E-state index in [9.17, 15) is 4.79 Å². The fraction of sp³-hybridized carbons (Fsp3) is 0. The molecule has 0 spiro atoms. The van der Waals surface area contributed by atoms with Gasteiger partial charge in [0.1, 0.15) is 12.1 Å². The number of hydrogen-bond donors (Lipinski definition) is 1. The Balaban J connectivity index is 1.56. The highest BCUT2D eigenvalue weighted by atomic mass is 16.5. The molecule has 4 aromatic rings. The molecule has 136 valence electrons. The number of fused-ring (bicyclic) bond motifs is 1. The standard InChI is InChI=1S/C23H17N3O2/c27-22(26-18-9-2-1-3-10-18)15-14-17-8-4-7-13-21(17)28-23-19-11-5-6-12-20(19)24-16-25-23/h1-16H,(H,26,27)/b15-14+. The SMILES string of the molecule is O=C(/C=C/c1ccccc1Oc1ncnc2ccccc12)Nc1ccccc1. The van der Waals surface area contributed by atoms with E-state index in [0.29, 0.717) is 11.6 Å². The van der Waals surface area contributed by atoms with Crippen LogP contribution in [-0.4, -0.2) is 15.9 Å². The third kappa shape index (κ3) is 4.04. The third-order valence-electron chi connectivity index (χ3n) is 4.09. The molecule has 5 heteroatoms. The van der Waals surface area contributed by atoms with Gasteiger partial charge in [-0.3, -0.25) is 4.79 Å². The average Bonchev–Trinajstić information content (AvgIpc) is 2.74. The first-order valence-electron chi connectivity index (χ1n) is 8.80. The maximum absolute atomic E-state index is 12.2. The van der Waals surface area contributed by atoms with Crippen molar-refractivity contribution >= 4 is 28.6 Å². The molecule has 0 fully saturated rings. The summed E-state index contributed by atoms with van der Waals surface area (Å²) in [6.45, 7) is 0. The number of anilines is 1. The molecular formula is C23H17N3O2. The summed E-state index contributed by atoms with van der Waals surface area (Å²) >= 11 is 0. The first kappa shape index (κ1) is 17.4. The van der Waals surface area contributed by atoms with E-state index < -0.39 is 0 Å².